The van der Waals surface area contributed by atoms with Gasteiger partial charge in [-0.05, 0) is 36.7 Å². The molecule has 4 bridgehead atoms. The maximum Gasteiger partial charge on any atom is 0.118 e. The summed E-state index contributed by atoms with van der Waals surface area (Å²) in [6.07, 6.45) is 6.24. The van der Waals surface area contributed by atoms with E-state index in [1.807, 2.05) is 0 Å². The Morgan fingerprint density at radius 3 is 2.29 bits per heavy atom. The van der Waals surface area contributed by atoms with E-state index in [1.165, 1.54) is 12.0 Å². The Balaban J connectivity index is 1.81. The van der Waals surface area contributed by atoms with Crippen LogP contribution in [-0.4, -0.2) is 5.54 Å². The van der Waals surface area contributed by atoms with Crippen molar-refractivity contribution in [2.24, 2.45) is 39.3 Å². The summed E-state index contributed by atoms with van der Waals surface area (Å²) >= 11 is 0. The SMILES string of the molecule is CC1(C)[C@@]2(C)N=N[C@]1(c1ccccc1)[C@H]1[C@@H]2[C@@H]2C=C[C@H]1C2. The van der Waals surface area contributed by atoms with Crippen molar-refractivity contribution in [3.05, 3.63) is 48.0 Å². The Morgan fingerprint density at radius 1 is 0.905 bits per heavy atom. The van der Waals surface area contributed by atoms with Crippen molar-refractivity contribution in [2.75, 3.05) is 0 Å². The number of hydrogen-bond donors (Lipinski definition) is 0. The molecule has 108 valence electrons. The van der Waals surface area contributed by atoms with Gasteiger partial charge in [0.05, 0.1) is 5.54 Å². The fourth-order valence-electron chi connectivity index (χ4n) is 6.25. The molecular weight excluding hydrogens is 256 g/mol. The van der Waals surface area contributed by atoms with Crippen LogP contribution in [0.3, 0.4) is 0 Å². The van der Waals surface area contributed by atoms with Crippen molar-refractivity contribution < 1.29 is 0 Å². The lowest BCUT2D eigenvalue weighted by Gasteiger charge is -2.41. The first kappa shape index (κ1) is 12.1. The van der Waals surface area contributed by atoms with Gasteiger partial charge in [-0.1, -0.05) is 56.3 Å². The van der Waals surface area contributed by atoms with Crippen molar-refractivity contribution >= 4 is 0 Å². The molecule has 0 radical (unpaired) electrons. The van der Waals surface area contributed by atoms with E-state index in [1.54, 1.807) is 0 Å². The van der Waals surface area contributed by atoms with E-state index >= 15 is 0 Å². The summed E-state index contributed by atoms with van der Waals surface area (Å²) in [5, 5.41) is 9.87. The molecule has 0 N–H and O–H groups in total. The highest BCUT2D eigenvalue weighted by molar-refractivity contribution is 5.43. The average molecular weight is 278 g/mol. The molecule has 2 fully saturated rings. The molecule has 1 heterocycles. The van der Waals surface area contributed by atoms with Crippen molar-refractivity contribution in [3.63, 3.8) is 0 Å². The third-order valence-corrected chi connectivity index (χ3v) is 7.44. The molecule has 0 aromatic heterocycles. The van der Waals surface area contributed by atoms with Crippen LogP contribution >= 0.6 is 0 Å². The summed E-state index contributed by atoms with van der Waals surface area (Å²) < 4.78 is 0. The summed E-state index contributed by atoms with van der Waals surface area (Å²) in [6.45, 7) is 7.16. The Hall–Kier alpha value is -1.44. The molecule has 5 rings (SSSR count). The minimum atomic E-state index is -0.127. The second-order valence-corrected chi connectivity index (χ2v) is 8.10. The molecule has 2 heteroatoms. The first-order chi connectivity index (χ1) is 10.0. The van der Waals surface area contributed by atoms with Gasteiger partial charge in [-0.2, -0.15) is 10.2 Å². The lowest BCUT2D eigenvalue weighted by atomic mass is 9.62. The van der Waals surface area contributed by atoms with Crippen molar-refractivity contribution in [1.29, 1.82) is 0 Å². The summed E-state index contributed by atoms with van der Waals surface area (Å²) in [4.78, 5) is 0. The number of allylic oxidation sites excluding steroid dienone is 2. The number of hydrogen-bond acceptors (Lipinski definition) is 2. The van der Waals surface area contributed by atoms with Gasteiger partial charge in [0.1, 0.15) is 5.54 Å². The van der Waals surface area contributed by atoms with Gasteiger partial charge in [0.25, 0.3) is 0 Å². The second-order valence-electron chi connectivity index (χ2n) is 8.10. The molecule has 4 aliphatic rings. The van der Waals surface area contributed by atoms with E-state index in [0.717, 1.165) is 0 Å². The largest absolute Gasteiger partial charge is 0.186 e. The molecule has 3 aliphatic carbocycles. The molecule has 6 atom stereocenters. The molecule has 1 aromatic carbocycles. The minimum Gasteiger partial charge on any atom is -0.186 e. The minimum absolute atomic E-state index is 0.0162. The van der Waals surface area contributed by atoms with Crippen LogP contribution in [0.4, 0.5) is 0 Å². The summed E-state index contributed by atoms with van der Waals surface area (Å²) in [6, 6.07) is 10.9. The van der Waals surface area contributed by atoms with E-state index in [9.17, 15) is 0 Å². The fraction of sp³-hybridized carbons (Fsp3) is 0.579. The van der Waals surface area contributed by atoms with E-state index in [2.05, 4.69) is 63.3 Å². The zero-order chi connectivity index (χ0) is 14.5. The molecule has 2 saturated carbocycles. The average Bonchev–Trinajstić information content (AvgIpc) is 3.17. The van der Waals surface area contributed by atoms with E-state index < -0.39 is 0 Å². The smallest absolute Gasteiger partial charge is 0.118 e. The van der Waals surface area contributed by atoms with Crippen LogP contribution in [-0.2, 0) is 5.54 Å². The normalized spacial score (nSPS) is 50.8. The quantitative estimate of drug-likeness (QED) is 0.530. The third kappa shape index (κ3) is 1.02. The third-order valence-electron chi connectivity index (χ3n) is 7.44. The van der Waals surface area contributed by atoms with Gasteiger partial charge in [-0.15, -0.1) is 0 Å². The monoisotopic (exact) mass is 278 g/mol. The second kappa shape index (κ2) is 3.31. The van der Waals surface area contributed by atoms with Crippen LogP contribution in [0.15, 0.2) is 52.7 Å². The number of benzene rings is 1. The number of nitrogens with zero attached hydrogens (tertiary/aromatic N) is 2. The van der Waals surface area contributed by atoms with Crippen LogP contribution in [0.25, 0.3) is 0 Å². The molecule has 0 saturated heterocycles. The molecule has 1 aliphatic heterocycles. The number of azo groups is 1. The van der Waals surface area contributed by atoms with Gasteiger partial charge in [0.15, 0.2) is 0 Å². The highest BCUT2D eigenvalue weighted by Gasteiger charge is 2.79. The van der Waals surface area contributed by atoms with Crippen LogP contribution in [0, 0.1) is 29.1 Å². The van der Waals surface area contributed by atoms with Crippen molar-refractivity contribution in [1.82, 2.24) is 0 Å². The zero-order valence-corrected chi connectivity index (χ0v) is 13.0. The highest BCUT2D eigenvalue weighted by Crippen LogP contribution is 2.77. The zero-order valence-electron chi connectivity index (χ0n) is 13.0. The molecule has 0 unspecified atom stereocenters. The Morgan fingerprint density at radius 2 is 1.57 bits per heavy atom. The Bertz CT molecular complexity index is 674. The highest BCUT2D eigenvalue weighted by atomic mass is 15.3. The van der Waals surface area contributed by atoms with Gasteiger partial charge in [0, 0.05) is 11.3 Å². The molecule has 0 amide bonds. The predicted octanol–water partition coefficient (Wildman–Crippen LogP) is 4.58. The summed E-state index contributed by atoms with van der Waals surface area (Å²) in [5.74, 6) is 2.71. The van der Waals surface area contributed by atoms with Gasteiger partial charge >= 0.3 is 0 Å². The van der Waals surface area contributed by atoms with E-state index in [-0.39, 0.29) is 16.5 Å². The first-order valence-electron chi connectivity index (χ1n) is 8.20. The van der Waals surface area contributed by atoms with Crippen LogP contribution < -0.4 is 0 Å². The van der Waals surface area contributed by atoms with Crippen molar-refractivity contribution in [2.45, 2.75) is 38.3 Å². The number of rotatable bonds is 1. The molecule has 21 heavy (non-hydrogen) atoms. The maximum atomic E-state index is 4.98. The summed E-state index contributed by atoms with van der Waals surface area (Å²) in [5.41, 5.74) is 1.31. The standard InChI is InChI=1S/C19H22N2/c1-17(2)18(3)15-12-9-10-13(11-12)16(15)19(17,21-20-18)14-7-5-4-6-8-14/h4-10,12-13,15-16H,11H2,1-3H3/t12-,13+,15+,16-,18+,19-/m1/s1. The van der Waals surface area contributed by atoms with Gasteiger partial charge < -0.3 is 0 Å². The van der Waals surface area contributed by atoms with Crippen LogP contribution in [0.1, 0.15) is 32.8 Å². The molecule has 1 aromatic rings. The van der Waals surface area contributed by atoms with Crippen LogP contribution in [0.5, 0.6) is 0 Å². The van der Waals surface area contributed by atoms with Crippen molar-refractivity contribution in [3.8, 4) is 0 Å². The Kier molecular flexibility index (Phi) is 1.92. The molecule has 0 spiro atoms. The van der Waals surface area contributed by atoms with E-state index in [0.29, 0.717) is 23.7 Å². The maximum absolute atomic E-state index is 4.98. The Labute approximate surface area is 126 Å². The lowest BCUT2D eigenvalue weighted by molar-refractivity contribution is 0.142. The van der Waals surface area contributed by atoms with Gasteiger partial charge in [-0.3, -0.25) is 0 Å². The summed E-state index contributed by atoms with van der Waals surface area (Å²) in [7, 11) is 0. The number of fused-ring (bicyclic) bond motifs is 9. The lowest BCUT2D eigenvalue weighted by Crippen LogP contribution is -2.45. The molecule has 2 nitrogen and oxygen atoms in total. The topological polar surface area (TPSA) is 24.7 Å². The van der Waals surface area contributed by atoms with E-state index in [4.69, 9.17) is 10.2 Å². The molecular formula is C19H22N2. The van der Waals surface area contributed by atoms with Crippen LogP contribution in [0.2, 0.25) is 0 Å². The fourth-order valence-corrected chi connectivity index (χ4v) is 6.25. The van der Waals surface area contributed by atoms with Gasteiger partial charge in [-0.25, -0.2) is 0 Å². The predicted molar refractivity (Wildman–Crippen MR) is 82.9 cm³/mol. The van der Waals surface area contributed by atoms with Gasteiger partial charge in [0.2, 0.25) is 0 Å². The first-order valence-corrected chi connectivity index (χ1v) is 8.20.